The first-order valence-electron chi connectivity index (χ1n) is 19.9. The third kappa shape index (κ3) is 5.16. The minimum atomic E-state index is 0.609. The molecule has 274 valence electrons. The number of nitrogens with zero attached hydrogens (tertiary/aromatic N) is 3. The summed E-state index contributed by atoms with van der Waals surface area (Å²) < 4.78 is 11.2. The van der Waals surface area contributed by atoms with Crippen LogP contribution in [0.25, 0.3) is 115 Å². The highest BCUT2D eigenvalue weighted by atomic mass is 16.3. The Labute approximate surface area is 339 Å². The van der Waals surface area contributed by atoms with E-state index >= 15 is 0 Å². The fourth-order valence-electron chi connectivity index (χ4n) is 9.22. The smallest absolute Gasteiger partial charge is 0.188 e. The van der Waals surface area contributed by atoms with Gasteiger partial charge in [-0.1, -0.05) is 109 Å². The largest absolute Gasteiger partial charge is 0.455 e. The zero-order valence-corrected chi connectivity index (χ0v) is 31.8. The van der Waals surface area contributed by atoms with Gasteiger partial charge in [0.1, 0.15) is 11.2 Å². The van der Waals surface area contributed by atoms with Crippen molar-refractivity contribution < 1.29 is 4.42 Å². The molecule has 0 saturated heterocycles. The maximum Gasteiger partial charge on any atom is 0.188 e. The van der Waals surface area contributed by atoms with E-state index in [1.165, 1.54) is 16.3 Å². The Morgan fingerprint density at radius 1 is 0.356 bits per heavy atom. The summed E-state index contributed by atoms with van der Waals surface area (Å²) in [6, 6.07) is 70.8. The van der Waals surface area contributed by atoms with Crippen LogP contribution in [0.1, 0.15) is 0 Å². The summed E-state index contributed by atoms with van der Waals surface area (Å²) in [5.41, 5.74) is 15.5. The quantitative estimate of drug-likeness (QED) is 0.161. The van der Waals surface area contributed by atoms with Crippen LogP contribution in [0.5, 0.6) is 0 Å². The molecule has 9 aromatic carbocycles. The van der Waals surface area contributed by atoms with Gasteiger partial charge in [0.15, 0.2) is 5.69 Å². The fourth-order valence-corrected chi connectivity index (χ4v) is 9.22. The summed E-state index contributed by atoms with van der Waals surface area (Å²) in [4.78, 5) is 3.97. The van der Waals surface area contributed by atoms with Crippen LogP contribution in [0, 0.1) is 6.57 Å². The number of para-hydroxylation sites is 5. The highest BCUT2D eigenvalue weighted by Crippen LogP contribution is 2.42. The van der Waals surface area contributed by atoms with Gasteiger partial charge < -0.3 is 13.6 Å². The van der Waals surface area contributed by atoms with Crippen molar-refractivity contribution in [3.8, 4) is 44.8 Å². The summed E-state index contributed by atoms with van der Waals surface area (Å²) in [5, 5.41) is 6.91. The van der Waals surface area contributed by atoms with Crippen molar-refractivity contribution in [2.24, 2.45) is 0 Å². The maximum absolute atomic E-state index is 8.15. The molecule has 0 unspecified atom stereocenters. The summed E-state index contributed by atoms with van der Waals surface area (Å²) in [5.74, 6) is 0. The molecule has 0 radical (unpaired) electrons. The molecular weight excluding hydrogens is 719 g/mol. The van der Waals surface area contributed by atoms with Crippen molar-refractivity contribution in [1.29, 1.82) is 0 Å². The minimum Gasteiger partial charge on any atom is -0.455 e. The van der Waals surface area contributed by atoms with Crippen molar-refractivity contribution in [3.05, 3.63) is 212 Å². The lowest BCUT2D eigenvalue weighted by Gasteiger charge is -2.11. The van der Waals surface area contributed by atoms with E-state index < -0.39 is 0 Å². The summed E-state index contributed by atoms with van der Waals surface area (Å²) >= 11 is 0. The molecule has 0 amide bonds. The topological polar surface area (TPSA) is 27.4 Å². The molecule has 0 aliphatic heterocycles. The first-order valence-corrected chi connectivity index (χ1v) is 19.9. The van der Waals surface area contributed by atoms with Gasteiger partial charge in [0, 0.05) is 49.3 Å². The SMILES string of the molecule is [C-]#[N+]c1cc(-c2ccc3c(c2)c2ccccc2n3-c2ccccc2)cc(-c2ccc3c(c2)c2cc(-c4cccc5c4oc4ccccc45)ccc2n3-c2ccccc2)c1. The van der Waals surface area contributed by atoms with Crippen molar-refractivity contribution in [2.75, 3.05) is 0 Å². The molecule has 0 saturated carbocycles. The van der Waals surface area contributed by atoms with Crippen LogP contribution in [0.2, 0.25) is 0 Å². The number of hydrogen-bond donors (Lipinski definition) is 0. The molecule has 0 bridgehead atoms. The van der Waals surface area contributed by atoms with Crippen LogP contribution in [0.15, 0.2) is 205 Å². The molecule has 3 aromatic heterocycles. The molecule has 0 atom stereocenters. The predicted molar refractivity (Wildman–Crippen MR) is 245 cm³/mol. The van der Waals surface area contributed by atoms with Crippen LogP contribution in [0.4, 0.5) is 5.69 Å². The standard InChI is InChI=1S/C55H33N3O/c1-56-40-30-38(35-23-26-51-47(32-35)44-17-8-10-21-50(44)57(51)41-13-4-2-5-14-41)29-39(31-40)36-24-27-52-48(33-36)49-34-37(25-28-53(49)58(52)42-15-6-3-7-16-42)43-19-12-20-46-45-18-9-11-22-54(45)59-55(43)46/h2-34H. The molecule has 0 aliphatic rings. The molecule has 4 nitrogen and oxygen atoms in total. The molecule has 12 rings (SSSR count). The van der Waals surface area contributed by atoms with E-state index in [1.807, 2.05) is 24.3 Å². The van der Waals surface area contributed by atoms with Crippen LogP contribution in [-0.4, -0.2) is 9.13 Å². The fraction of sp³-hybridized carbons (Fsp3) is 0. The van der Waals surface area contributed by atoms with Gasteiger partial charge in [0.2, 0.25) is 0 Å². The van der Waals surface area contributed by atoms with Gasteiger partial charge in [-0.15, -0.1) is 0 Å². The van der Waals surface area contributed by atoms with Crippen molar-refractivity contribution in [3.63, 3.8) is 0 Å². The molecule has 59 heavy (non-hydrogen) atoms. The average Bonchev–Trinajstić information content (AvgIpc) is 3.96. The van der Waals surface area contributed by atoms with Crippen LogP contribution >= 0.6 is 0 Å². The molecule has 0 N–H and O–H groups in total. The van der Waals surface area contributed by atoms with Crippen molar-refractivity contribution in [2.45, 2.75) is 0 Å². The predicted octanol–water partition coefficient (Wildman–Crippen LogP) is 15.3. The molecule has 0 aliphatic carbocycles. The maximum atomic E-state index is 8.15. The summed E-state index contributed by atoms with van der Waals surface area (Å²) in [6.07, 6.45) is 0. The van der Waals surface area contributed by atoms with E-state index in [1.54, 1.807) is 0 Å². The Hall–Kier alpha value is -8.13. The second-order valence-corrected chi connectivity index (χ2v) is 15.2. The Morgan fingerprint density at radius 3 is 1.47 bits per heavy atom. The zero-order valence-electron chi connectivity index (χ0n) is 31.8. The van der Waals surface area contributed by atoms with Gasteiger partial charge in [0.05, 0.1) is 28.6 Å². The van der Waals surface area contributed by atoms with E-state index in [9.17, 15) is 0 Å². The van der Waals surface area contributed by atoms with E-state index in [4.69, 9.17) is 11.0 Å². The Bertz CT molecular complexity index is 3670. The molecule has 12 aromatic rings. The summed E-state index contributed by atoms with van der Waals surface area (Å²) in [7, 11) is 0. The lowest BCUT2D eigenvalue weighted by molar-refractivity contribution is 0.670. The average molecular weight is 752 g/mol. The number of hydrogen-bond acceptors (Lipinski definition) is 1. The van der Waals surface area contributed by atoms with E-state index in [-0.39, 0.29) is 0 Å². The minimum absolute atomic E-state index is 0.609. The molecule has 3 heterocycles. The van der Waals surface area contributed by atoms with E-state index in [0.29, 0.717) is 5.69 Å². The van der Waals surface area contributed by atoms with Gasteiger partial charge >= 0.3 is 0 Å². The van der Waals surface area contributed by atoms with Gasteiger partial charge in [0.25, 0.3) is 0 Å². The highest BCUT2D eigenvalue weighted by Gasteiger charge is 2.18. The highest BCUT2D eigenvalue weighted by molar-refractivity contribution is 6.14. The second-order valence-electron chi connectivity index (χ2n) is 15.2. The number of furan rings is 1. The molecule has 4 heteroatoms. The van der Waals surface area contributed by atoms with Gasteiger partial charge in [-0.3, -0.25) is 0 Å². The van der Waals surface area contributed by atoms with Crippen LogP contribution < -0.4 is 0 Å². The Kier molecular flexibility index (Phi) is 7.26. The Balaban J connectivity index is 1.04. The monoisotopic (exact) mass is 751 g/mol. The first kappa shape index (κ1) is 33.1. The molecule has 0 fully saturated rings. The van der Waals surface area contributed by atoms with Gasteiger partial charge in [-0.2, -0.15) is 0 Å². The Morgan fingerprint density at radius 2 is 0.847 bits per heavy atom. The number of rotatable bonds is 5. The number of benzene rings is 9. The first-order chi connectivity index (χ1) is 29.2. The summed E-state index contributed by atoms with van der Waals surface area (Å²) in [6.45, 7) is 8.15. The lowest BCUT2D eigenvalue weighted by Crippen LogP contribution is -1.93. The normalized spacial score (nSPS) is 11.7. The third-order valence-corrected chi connectivity index (χ3v) is 11.9. The van der Waals surface area contributed by atoms with Crippen LogP contribution in [-0.2, 0) is 0 Å². The zero-order chi connectivity index (χ0) is 39.0. The van der Waals surface area contributed by atoms with Crippen LogP contribution in [0.3, 0.4) is 0 Å². The number of aromatic nitrogens is 2. The van der Waals surface area contributed by atoms with Gasteiger partial charge in [-0.25, -0.2) is 4.85 Å². The molecular formula is C55H33N3O. The van der Waals surface area contributed by atoms with E-state index in [2.05, 4.69) is 190 Å². The van der Waals surface area contributed by atoms with E-state index in [0.717, 1.165) is 94.0 Å². The van der Waals surface area contributed by atoms with Gasteiger partial charge in [-0.05, 0) is 119 Å². The van der Waals surface area contributed by atoms with Crippen molar-refractivity contribution in [1.82, 2.24) is 9.13 Å². The molecule has 0 spiro atoms. The lowest BCUT2D eigenvalue weighted by atomic mass is 9.95. The number of fused-ring (bicyclic) bond motifs is 9. The van der Waals surface area contributed by atoms with Crippen molar-refractivity contribution >= 4 is 71.2 Å². The third-order valence-electron chi connectivity index (χ3n) is 11.9. The second kappa shape index (κ2) is 13.0.